The van der Waals surface area contributed by atoms with E-state index in [0.717, 1.165) is 13.0 Å². The molecule has 1 aliphatic rings. The van der Waals surface area contributed by atoms with E-state index in [2.05, 4.69) is 10.3 Å². The number of ketones is 1. The molecule has 5 nitrogen and oxygen atoms in total. The van der Waals surface area contributed by atoms with E-state index < -0.39 is 0 Å². The van der Waals surface area contributed by atoms with E-state index in [1.807, 2.05) is 0 Å². The van der Waals surface area contributed by atoms with Crippen LogP contribution in [0.25, 0.3) is 5.76 Å². The summed E-state index contributed by atoms with van der Waals surface area (Å²) >= 11 is 0. The first kappa shape index (κ1) is 15.1. The molecule has 0 fully saturated rings. The molecule has 5 heteroatoms. The summed E-state index contributed by atoms with van der Waals surface area (Å²) in [6.45, 7) is 3.20. The molecule has 1 heterocycles. The predicted molar refractivity (Wildman–Crippen MR) is 82.8 cm³/mol. The summed E-state index contributed by atoms with van der Waals surface area (Å²) in [5.74, 6) is 1.01. The van der Waals surface area contributed by atoms with Crippen LogP contribution in [0.2, 0.25) is 0 Å². The van der Waals surface area contributed by atoms with Crippen molar-refractivity contribution in [1.82, 2.24) is 5.32 Å². The fourth-order valence-corrected chi connectivity index (χ4v) is 2.15. The van der Waals surface area contributed by atoms with Crippen molar-refractivity contribution >= 4 is 17.4 Å². The van der Waals surface area contributed by atoms with Gasteiger partial charge < -0.3 is 15.2 Å². The summed E-state index contributed by atoms with van der Waals surface area (Å²) in [6.07, 6.45) is 1.25. The summed E-state index contributed by atoms with van der Waals surface area (Å²) in [5, 5.41) is 13.6. The fraction of sp³-hybridized carbons (Fsp3) is 0.375. The third-order valence-electron chi connectivity index (χ3n) is 3.33. The summed E-state index contributed by atoms with van der Waals surface area (Å²) in [4.78, 5) is 16.5. The number of nitrogens with one attached hydrogen (secondary N) is 1. The van der Waals surface area contributed by atoms with Gasteiger partial charge in [0.1, 0.15) is 22.9 Å². The Morgan fingerprint density at radius 1 is 1.38 bits per heavy atom. The lowest BCUT2D eigenvalue weighted by Gasteiger charge is -2.18. The van der Waals surface area contributed by atoms with Gasteiger partial charge in [0.25, 0.3) is 0 Å². The highest BCUT2D eigenvalue weighted by Gasteiger charge is 2.22. The summed E-state index contributed by atoms with van der Waals surface area (Å²) in [6, 6.07) is 6.94. The first-order valence-electron chi connectivity index (χ1n) is 7.07. The molecule has 0 amide bonds. The molecule has 0 bridgehead atoms. The van der Waals surface area contributed by atoms with Crippen molar-refractivity contribution in [2.75, 3.05) is 20.2 Å². The quantitative estimate of drug-likeness (QED) is 0.644. The van der Waals surface area contributed by atoms with Crippen molar-refractivity contribution in [3.8, 4) is 5.75 Å². The van der Waals surface area contributed by atoms with Crippen LogP contribution in [0.4, 0.5) is 0 Å². The standard InChI is InChI=1S/C16H20N2O3/c1-3-13(19)14(16-17-9-4-10-18-16)15(20)11-5-7-12(21-2)8-6-11/h5-8,20H,3-4,9-10H2,1-2H3,(H,17,18)/b15-14-. The number of rotatable bonds is 5. The molecular formula is C16H20N2O3. The number of nitrogens with zero attached hydrogens (tertiary/aromatic N) is 1. The minimum Gasteiger partial charge on any atom is -0.506 e. The minimum absolute atomic E-state index is 0.0438. The van der Waals surface area contributed by atoms with Gasteiger partial charge in [0.2, 0.25) is 0 Å². The van der Waals surface area contributed by atoms with Crippen molar-refractivity contribution in [1.29, 1.82) is 0 Å². The van der Waals surface area contributed by atoms with Gasteiger partial charge in [-0.3, -0.25) is 9.79 Å². The second kappa shape index (κ2) is 6.92. The number of aliphatic hydroxyl groups is 1. The van der Waals surface area contributed by atoms with Gasteiger partial charge >= 0.3 is 0 Å². The van der Waals surface area contributed by atoms with Crippen LogP contribution in [0.5, 0.6) is 5.75 Å². The van der Waals surface area contributed by atoms with Gasteiger partial charge in [0.15, 0.2) is 5.78 Å². The van der Waals surface area contributed by atoms with E-state index in [9.17, 15) is 9.90 Å². The predicted octanol–water partition coefficient (Wildman–Crippen LogP) is 2.34. The zero-order valence-corrected chi connectivity index (χ0v) is 12.3. The van der Waals surface area contributed by atoms with Crippen LogP contribution in [0.3, 0.4) is 0 Å². The Kier molecular flexibility index (Phi) is 4.98. The molecule has 0 aliphatic carbocycles. The van der Waals surface area contributed by atoms with E-state index in [0.29, 0.717) is 30.1 Å². The Morgan fingerprint density at radius 3 is 2.62 bits per heavy atom. The van der Waals surface area contributed by atoms with Gasteiger partial charge in [-0.15, -0.1) is 0 Å². The molecule has 0 aromatic heterocycles. The third kappa shape index (κ3) is 3.42. The molecule has 0 spiro atoms. The van der Waals surface area contributed by atoms with Crippen molar-refractivity contribution in [2.45, 2.75) is 19.8 Å². The average Bonchev–Trinajstić information content (AvgIpc) is 2.55. The molecule has 112 valence electrons. The van der Waals surface area contributed by atoms with E-state index in [1.165, 1.54) is 0 Å². The molecule has 1 aliphatic heterocycles. The molecule has 1 aromatic rings. The van der Waals surface area contributed by atoms with Crippen LogP contribution in [0, 0.1) is 0 Å². The van der Waals surface area contributed by atoms with Gasteiger partial charge in [-0.2, -0.15) is 0 Å². The molecule has 0 unspecified atom stereocenters. The lowest BCUT2D eigenvalue weighted by molar-refractivity contribution is -0.114. The highest BCUT2D eigenvalue weighted by atomic mass is 16.5. The van der Waals surface area contributed by atoms with Gasteiger partial charge in [-0.1, -0.05) is 6.92 Å². The number of methoxy groups -OCH3 is 1. The Balaban J connectivity index is 2.44. The van der Waals surface area contributed by atoms with Crippen LogP contribution < -0.4 is 10.1 Å². The number of hydrogen-bond acceptors (Lipinski definition) is 5. The number of amidine groups is 1. The van der Waals surface area contributed by atoms with Crippen LogP contribution in [0.1, 0.15) is 25.3 Å². The van der Waals surface area contributed by atoms with Crippen LogP contribution >= 0.6 is 0 Å². The number of hydrogen-bond donors (Lipinski definition) is 2. The zero-order chi connectivity index (χ0) is 15.2. The Morgan fingerprint density at radius 2 is 2.10 bits per heavy atom. The number of aliphatic imine (C=N–C) groups is 1. The third-order valence-corrected chi connectivity index (χ3v) is 3.33. The monoisotopic (exact) mass is 288 g/mol. The molecule has 21 heavy (non-hydrogen) atoms. The van der Waals surface area contributed by atoms with Crippen molar-refractivity contribution in [3.63, 3.8) is 0 Å². The molecule has 1 aromatic carbocycles. The first-order chi connectivity index (χ1) is 10.2. The van der Waals surface area contributed by atoms with Crippen LogP contribution in [-0.2, 0) is 4.79 Å². The molecular weight excluding hydrogens is 268 g/mol. The number of ether oxygens (including phenoxy) is 1. The Hall–Kier alpha value is -2.30. The normalized spacial score (nSPS) is 15.6. The number of carbonyl (C=O) groups excluding carboxylic acids is 1. The van der Waals surface area contributed by atoms with E-state index in [4.69, 9.17) is 4.74 Å². The molecule has 0 saturated heterocycles. The lowest BCUT2D eigenvalue weighted by atomic mass is 10.0. The number of aliphatic hydroxyl groups excluding tert-OH is 1. The van der Waals surface area contributed by atoms with Crippen LogP contribution in [-0.4, -0.2) is 36.9 Å². The average molecular weight is 288 g/mol. The van der Waals surface area contributed by atoms with Gasteiger partial charge in [-0.25, -0.2) is 0 Å². The maximum atomic E-state index is 12.2. The van der Waals surface area contributed by atoms with Gasteiger partial charge in [-0.05, 0) is 30.7 Å². The molecule has 0 saturated carbocycles. The molecule has 2 rings (SSSR count). The second-order valence-electron chi connectivity index (χ2n) is 4.74. The van der Waals surface area contributed by atoms with E-state index in [1.54, 1.807) is 38.3 Å². The smallest absolute Gasteiger partial charge is 0.170 e. The number of carbonyl (C=O) groups is 1. The lowest BCUT2D eigenvalue weighted by Crippen LogP contribution is -2.34. The first-order valence-corrected chi connectivity index (χ1v) is 7.07. The fourth-order valence-electron chi connectivity index (χ4n) is 2.15. The molecule has 0 atom stereocenters. The molecule has 0 radical (unpaired) electrons. The zero-order valence-electron chi connectivity index (χ0n) is 12.3. The largest absolute Gasteiger partial charge is 0.506 e. The van der Waals surface area contributed by atoms with Gasteiger partial charge in [0.05, 0.1) is 7.11 Å². The number of benzene rings is 1. The minimum atomic E-state index is -0.128. The topological polar surface area (TPSA) is 70.9 Å². The van der Waals surface area contributed by atoms with Crippen molar-refractivity contribution < 1.29 is 14.6 Å². The Bertz CT molecular complexity index is 574. The second-order valence-corrected chi connectivity index (χ2v) is 4.74. The summed E-state index contributed by atoms with van der Waals surface area (Å²) in [5.41, 5.74) is 0.838. The number of Topliss-reactive ketones (excluding diaryl/α,β-unsaturated/α-hetero) is 1. The Labute approximate surface area is 124 Å². The van der Waals surface area contributed by atoms with Crippen molar-refractivity contribution in [3.05, 3.63) is 35.4 Å². The highest BCUT2D eigenvalue weighted by Crippen LogP contribution is 2.22. The highest BCUT2D eigenvalue weighted by molar-refractivity contribution is 6.25. The maximum Gasteiger partial charge on any atom is 0.170 e. The van der Waals surface area contributed by atoms with E-state index >= 15 is 0 Å². The summed E-state index contributed by atoms with van der Waals surface area (Å²) in [7, 11) is 1.58. The van der Waals surface area contributed by atoms with Crippen LogP contribution in [0.15, 0.2) is 34.8 Å². The summed E-state index contributed by atoms with van der Waals surface area (Å²) < 4.78 is 5.09. The maximum absolute atomic E-state index is 12.2. The van der Waals surface area contributed by atoms with E-state index in [-0.39, 0.29) is 17.1 Å². The SMILES string of the molecule is CCC(=O)/C(C1=NCCCN1)=C(/O)c1ccc(OC)cc1. The van der Waals surface area contributed by atoms with Gasteiger partial charge in [0, 0.05) is 25.1 Å². The van der Waals surface area contributed by atoms with Crippen molar-refractivity contribution in [2.24, 2.45) is 4.99 Å². The molecule has 2 N–H and O–H groups in total.